The van der Waals surface area contributed by atoms with Gasteiger partial charge in [0.15, 0.2) is 6.10 Å². The summed E-state index contributed by atoms with van der Waals surface area (Å²) in [6.45, 7) is 2.28. The number of nitrogens with one attached hydrogen (secondary N) is 1. The van der Waals surface area contributed by atoms with E-state index in [4.69, 9.17) is 26.2 Å². The van der Waals surface area contributed by atoms with Crippen LogP contribution in [0.5, 0.6) is 5.75 Å². The van der Waals surface area contributed by atoms with Crippen LogP contribution in [0.15, 0.2) is 18.2 Å². The van der Waals surface area contributed by atoms with Crippen molar-refractivity contribution in [2.45, 2.75) is 32.0 Å². The molecule has 1 aromatic rings. The summed E-state index contributed by atoms with van der Waals surface area (Å²) in [4.78, 5) is 22.9. The molecule has 1 saturated heterocycles. The van der Waals surface area contributed by atoms with Crippen LogP contribution in [0.1, 0.15) is 19.8 Å². The van der Waals surface area contributed by atoms with Gasteiger partial charge in [0.25, 0.3) is 5.91 Å². The van der Waals surface area contributed by atoms with Crippen molar-refractivity contribution in [2.24, 2.45) is 0 Å². The van der Waals surface area contributed by atoms with Gasteiger partial charge >= 0.3 is 5.97 Å². The van der Waals surface area contributed by atoms with Gasteiger partial charge in [0, 0.05) is 5.02 Å². The van der Waals surface area contributed by atoms with E-state index < -0.39 is 24.1 Å². The van der Waals surface area contributed by atoms with Crippen LogP contribution in [0.2, 0.25) is 5.02 Å². The number of carboxylic acids is 1. The van der Waals surface area contributed by atoms with E-state index in [-0.39, 0.29) is 0 Å². The predicted octanol–water partition coefficient (Wildman–Crippen LogP) is 2.31. The molecule has 0 spiro atoms. The van der Waals surface area contributed by atoms with E-state index in [0.717, 1.165) is 0 Å². The molecule has 2 N–H and O–H groups in total. The minimum Gasteiger partial charge on any atom is -0.492 e. The molecule has 2 atom stereocenters. The summed E-state index contributed by atoms with van der Waals surface area (Å²) in [5.41, 5.74) is 0.441. The molecule has 0 bridgehead atoms. The molecule has 2 rings (SSSR count). The molecule has 2 unspecified atom stereocenters. The van der Waals surface area contributed by atoms with E-state index in [1.165, 1.54) is 0 Å². The first-order valence-electron chi connectivity index (χ1n) is 6.62. The summed E-state index contributed by atoms with van der Waals surface area (Å²) in [6, 6.07) is 4.90. The number of halogens is 1. The van der Waals surface area contributed by atoms with Crippen molar-refractivity contribution in [3.63, 3.8) is 0 Å². The Bertz CT molecular complexity index is 548. The molecular weight excluding hydrogens is 298 g/mol. The zero-order chi connectivity index (χ0) is 15.4. The first kappa shape index (κ1) is 15.6. The van der Waals surface area contributed by atoms with Crippen LogP contribution in [-0.4, -0.2) is 35.8 Å². The Kier molecular flexibility index (Phi) is 5.03. The smallest absolute Gasteiger partial charge is 0.332 e. The van der Waals surface area contributed by atoms with Gasteiger partial charge in [-0.05, 0) is 38.0 Å². The zero-order valence-corrected chi connectivity index (χ0v) is 12.2. The van der Waals surface area contributed by atoms with E-state index in [0.29, 0.717) is 35.9 Å². The minimum atomic E-state index is -1.05. The standard InChI is InChI=1S/C14H16ClNO5/c1-2-20-10-4-3-8(15)7-9(10)16-13(17)11-5-6-12(21-11)14(18)19/h3-4,7,11-12H,2,5-6H2,1H3,(H,16,17)(H,18,19). The number of anilines is 1. The lowest BCUT2D eigenvalue weighted by Crippen LogP contribution is -2.30. The Labute approximate surface area is 127 Å². The van der Waals surface area contributed by atoms with Crippen LogP contribution >= 0.6 is 11.6 Å². The Morgan fingerprint density at radius 1 is 1.43 bits per heavy atom. The van der Waals surface area contributed by atoms with Crippen molar-refractivity contribution >= 4 is 29.2 Å². The summed E-state index contributed by atoms with van der Waals surface area (Å²) < 4.78 is 10.6. The molecule has 1 amide bonds. The fraction of sp³-hybridized carbons (Fsp3) is 0.429. The van der Waals surface area contributed by atoms with Crippen LogP contribution in [0.4, 0.5) is 5.69 Å². The average molecular weight is 314 g/mol. The number of aliphatic carboxylic acids is 1. The first-order valence-corrected chi connectivity index (χ1v) is 7.00. The number of benzene rings is 1. The second-order valence-corrected chi connectivity index (χ2v) is 5.03. The number of hydrogen-bond acceptors (Lipinski definition) is 4. The van der Waals surface area contributed by atoms with Crippen LogP contribution in [0.25, 0.3) is 0 Å². The normalized spacial score (nSPS) is 21.0. The van der Waals surface area contributed by atoms with E-state index in [1.54, 1.807) is 18.2 Å². The molecule has 1 aliphatic heterocycles. The van der Waals surface area contributed by atoms with E-state index in [2.05, 4.69) is 5.32 Å². The highest BCUT2D eigenvalue weighted by Gasteiger charge is 2.34. The third-order valence-corrected chi connectivity index (χ3v) is 3.32. The van der Waals surface area contributed by atoms with Gasteiger partial charge in [-0.2, -0.15) is 0 Å². The van der Waals surface area contributed by atoms with Crippen LogP contribution < -0.4 is 10.1 Å². The second-order valence-electron chi connectivity index (χ2n) is 4.59. The lowest BCUT2D eigenvalue weighted by Gasteiger charge is -2.15. The molecule has 21 heavy (non-hydrogen) atoms. The maximum atomic E-state index is 12.1. The van der Waals surface area contributed by atoms with Crippen molar-refractivity contribution in [1.29, 1.82) is 0 Å². The Hall–Kier alpha value is -1.79. The molecule has 7 heteroatoms. The van der Waals surface area contributed by atoms with Crippen LogP contribution in [-0.2, 0) is 14.3 Å². The zero-order valence-electron chi connectivity index (χ0n) is 11.5. The number of hydrogen-bond donors (Lipinski definition) is 2. The molecular formula is C14H16ClNO5. The number of carboxylic acid groups (broad SMARTS) is 1. The molecule has 1 heterocycles. The summed E-state index contributed by atoms with van der Waals surface area (Å²) in [5.74, 6) is -0.951. The van der Waals surface area contributed by atoms with Crippen LogP contribution in [0.3, 0.4) is 0 Å². The van der Waals surface area contributed by atoms with Gasteiger partial charge in [0.05, 0.1) is 12.3 Å². The van der Waals surface area contributed by atoms with E-state index in [9.17, 15) is 9.59 Å². The van der Waals surface area contributed by atoms with Gasteiger partial charge in [0.2, 0.25) is 0 Å². The lowest BCUT2D eigenvalue weighted by molar-refractivity contribution is -0.150. The van der Waals surface area contributed by atoms with Crippen molar-refractivity contribution in [2.75, 3.05) is 11.9 Å². The molecule has 1 fully saturated rings. The summed E-state index contributed by atoms with van der Waals surface area (Å²) in [7, 11) is 0. The Morgan fingerprint density at radius 3 is 2.76 bits per heavy atom. The van der Waals surface area contributed by atoms with Gasteiger partial charge in [-0.25, -0.2) is 4.79 Å². The number of rotatable bonds is 5. The molecule has 0 saturated carbocycles. The largest absolute Gasteiger partial charge is 0.492 e. The maximum Gasteiger partial charge on any atom is 0.332 e. The molecule has 0 aliphatic carbocycles. The molecule has 1 aliphatic rings. The van der Waals surface area contributed by atoms with Gasteiger partial charge in [-0.15, -0.1) is 0 Å². The molecule has 114 valence electrons. The first-order chi connectivity index (χ1) is 10.0. The SMILES string of the molecule is CCOc1ccc(Cl)cc1NC(=O)C1CCC(C(=O)O)O1. The number of carbonyl (C=O) groups is 2. The van der Waals surface area contributed by atoms with Crippen LogP contribution in [0, 0.1) is 0 Å². The predicted molar refractivity (Wildman–Crippen MR) is 76.8 cm³/mol. The number of carbonyl (C=O) groups excluding carboxylic acids is 1. The Morgan fingerprint density at radius 2 is 2.14 bits per heavy atom. The fourth-order valence-electron chi connectivity index (χ4n) is 2.11. The lowest BCUT2D eigenvalue weighted by atomic mass is 10.2. The van der Waals surface area contributed by atoms with E-state index >= 15 is 0 Å². The topological polar surface area (TPSA) is 84.9 Å². The highest BCUT2D eigenvalue weighted by Crippen LogP contribution is 2.29. The molecule has 0 radical (unpaired) electrons. The van der Waals surface area contributed by atoms with Crippen molar-refractivity contribution in [3.8, 4) is 5.75 Å². The highest BCUT2D eigenvalue weighted by atomic mass is 35.5. The quantitative estimate of drug-likeness (QED) is 0.871. The monoisotopic (exact) mass is 313 g/mol. The molecule has 1 aromatic carbocycles. The van der Waals surface area contributed by atoms with Gasteiger partial charge in [-0.3, -0.25) is 4.79 Å². The average Bonchev–Trinajstić information content (AvgIpc) is 2.92. The van der Waals surface area contributed by atoms with Gasteiger partial charge < -0.3 is 19.9 Å². The summed E-state index contributed by atoms with van der Waals surface area (Å²) in [5, 5.41) is 12.0. The highest BCUT2D eigenvalue weighted by molar-refractivity contribution is 6.31. The third-order valence-electron chi connectivity index (χ3n) is 3.09. The number of ether oxygens (including phenoxy) is 2. The Balaban J connectivity index is 2.06. The minimum absolute atomic E-state index is 0.321. The second kappa shape index (κ2) is 6.78. The maximum absolute atomic E-state index is 12.1. The van der Waals surface area contributed by atoms with E-state index in [1.807, 2.05) is 6.92 Å². The number of amides is 1. The fourth-order valence-corrected chi connectivity index (χ4v) is 2.28. The van der Waals surface area contributed by atoms with Crippen molar-refractivity contribution < 1.29 is 24.2 Å². The van der Waals surface area contributed by atoms with Crippen molar-refractivity contribution in [3.05, 3.63) is 23.2 Å². The molecule has 0 aromatic heterocycles. The summed E-state index contributed by atoms with van der Waals surface area (Å²) in [6.07, 6.45) is -1.01. The molecule has 6 nitrogen and oxygen atoms in total. The summed E-state index contributed by atoms with van der Waals surface area (Å²) >= 11 is 5.91. The van der Waals surface area contributed by atoms with Crippen molar-refractivity contribution in [1.82, 2.24) is 0 Å². The van der Waals surface area contributed by atoms with Gasteiger partial charge in [0.1, 0.15) is 11.9 Å². The van der Waals surface area contributed by atoms with Gasteiger partial charge in [-0.1, -0.05) is 11.6 Å². The third kappa shape index (κ3) is 3.86.